The molecule has 152 valence electrons. The number of aromatic nitrogens is 2. The number of benzene rings is 1. The molecule has 0 saturated heterocycles. The summed E-state index contributed by atoms with van der Waals surface area (Å²) >= 11 is 1.02. The number of rotatable bonds is 6. The first-order chi connectivity index (χ1) is 13.8. The molecule has 0 spiro atoms. The quantitative estimate of drug-likeness (QED) is 0.664. The van der Waals surface area contributed by atoms with Crippen LogP contribution in [0.25, 0.3) is 0 Å². The fraction of sp³-hybridized carbons (Fsp3) is 0.300. The largest absolute Gasteiger partial charge is 0.467 e. The third kappa shape index (κ3) is 5.05. The summed E-state index contributed by atoms with van der Waals surface area (Å²) in [6, 6.07) is 8.03. The van der Waals surface area contributed by atoms with Gasteiger partial charge in [-0.3, -0.25) is 9.59 Å². The van der Waals surface area contributed by atoms with E-state index in [1.165, 1.54) is 34.7 Å². The summed E-state index contributed by atoms with van der Waals surface area (Å²) in [6.45, 7) is 5.39. The number of furan rings is 1. The summed E-state index contributed by atoms with van der Waals surface area (Å²) in [4.78, 5) is 27.7. The van der Waals surface area contributed by atoms with E-state index in [4.69, 9.17) is 4.42 Å². The molecule has 3 rings (SSSR count). The third-order valence-corrected chi connectivity index (χ3v) is 4.51. The lowest BCUT2D eigenvalue weighted by atomic mass is 10.0. The van der Waals surface area contributed by atoms with Crippen molar-refractivity contribution < 1.29 is 18.4 Å². The Balaban J connectivity index is 2.09. The van der Waals surface area contributed by atoms with E-state index in [-0.39, 0.29) is 17.8 Å². The highest BCUT2D eigenvalue weighted by Gasteiger charge is 2.36. The van der Waals surface area contributed by atoms with E-state index in [1.54, 1.807) is 18.2 Å². The summed E-state index contributed by atoms with van der Waals surface area (Å²) in [6.07, 6.45) is 1.47. The second-order valence-electron chi connectivity index (χ2n) is 7.47. The summed E-state index contributed by atoms with van der Waals surface area (Å²) in [5.74, 6) is -1.19. The number of nitrogens with zero attached hydrogens (tertiary/aromatic N) is 3. The van der Waals surface area contributed by atoms with Crippen molar-refractivity contribution in [2.24, 2.45) is 0 Å². The normalized spacial score (nSPS) is 12.4. The maximum atomic E-state index is 14.7. The summed E-state index contributed by atoms with van der Waals surface area (Å²) in [5, 5.41) is 8.15. The van der Waals surface area contributed by atoms with Crippen LogP contribution in [0.1, 0.15) is 48.6 Å². The van der Waals surface area contributed by atoms with E-state index in [0.29, 0.717) is 5.76 Å². The van der Waals surface area contributed by atoms with Crippen molar-refractivity contribution in [3.05, 3.63) is 70.9 Å². The number of nitrogens with one attached hydrogen (secondary N) is 1. The zero-order valence-corrected chi connectivity index (χ0v) is 17.1. The minimum atomic E-state index is -1.23. The second-order valence-corrected chi connectivity index (χ2v) is 8.08. The van der Waals surface area contributed by atoms with Gasteiger partial charge >= 0.3 is 0 Å². The fourth-order valence-corrected chi connectivity index (χ4v) is 3.27. The van der Waals surface area contributed by atoms with Crippen LogP contribution in [0.15, 0.2) is 52.5 Å². The lowest BCUT2D eigenvalue weighted by molar-refractivity contribution is -0.127. The van der Waals surface area contributed by atoms with Crippen molar-refractivity contribution in [2.45, 2.75) is 38.9 Å². The number of amides is 2. The molecule has 0 aliphatic heterocycles. The maximum absolute atomic E-state index is 14.7. The number of carbonyl (C=O) groups is 2. The summed E-state index contributed by atoms with van der Waals surface area (Å²) < 4.78 is 23.8. The molecule has 2 amide bonds. The highest BCUT2D eigenvalue weighted by Crippen LogP contribution is 2.28. The molecule has 0 aliphatic rings. The van der Waals surface area contributed by atoms with Gasteiger partial charge in [0.1, 0.15) is 17.6 Å². The first kappa shape index (κ1) is 20.7. The second kappa shape index (κ2) is 8.52. The Kier molecular flexibility index (Phi) is 6.07. The van der Waals surface area contributed by atoms with Crippen LogP contribution in [0.4, 0.5) is 4.39 Å². The van der Waals surface area contributed by atoms with Gasteiger partial charge in [-0.2, -0.15) is 0 Å². The van der Waals surface area contributed by atoms with E-state index in [9.17, 15) is 14.0 Å². The van der Waals surface area contributed by atoms with Crippen LogP contribution in [-0.2, 0) is 11.3 Å². The zero-order chi connectivity index (χ0) is 21.0. The monoisotopic (exact) mass is 416 g/mol. The van der Waals surface area contributed by atoms with Gasteiger partial charge in [0.25, 0.3) is 5.91 Å². The average Bonchev–Trinajstić information content (AvgIpc) is 3.34. The molecule has 0 unspecified atom stereocenters. The van der Waals surface area contributed by atoms with E-state index in [1.807, 2.05) is 20.8 Å². The highest BCUT2D eigenvalue weighted by molar-refractivity contribution is 7.03. The SMILES string of the molecule is CC(C)(C)NC(=O)[C@H](c1ccccc1F)N(Cc1ccco1)C(=O)c1csnn1. The maximum Gasteiger partial charge on any atom is 0.276 e. The Labute approximate surface area is 171 Å². The Morgan fingerprint density at radius 1 is 1.24 bits per heavy atom. The predicted molar refractivity (Wildman–Crippen MR) is 106 cm³/mol. The number of halogens is 1. The molecule has 0 radical (unpaired) electrons. The average molecular weight is 416 g/mol. The van der Waals surface area contributed by atoms with Gasteiger partial charge in [0.05, 0.1) is 12.8 Å². The zero-order valence-electron chi connectivity index (χ0n) is 16.3. The number of hydrogen-bond donors (Lipinski definition) is 1. The first-order valence-electron chi connectivity index (χ1n) is 8.93. The van der Waals surface area contributed by atoms with Crippen LogP contribution in [0, 0.1) is 5.82 Å². The van der Waals surface area contributed by atoms with Gasteiger partial charge < -0.3 is 14.6 Å². The van der Waals surface area contributed by atoms with Gasteiger partial charge in [0.15, 0.2) is 5.69 Å². The van der Waals surface area contributed by atoms with Crippen LogP contribution in [0.5, 0.6) is 0 Å². The number of carbonyl (C=O) groups excluding carboxylic acids is 2. The predicted octanol–water partition coefficient (Wildman–Crippen LogP) is 3.57. The van der Waals surface area contributed by atoms with Crippen molar-refractivity contribution in [3.8, 4) is 0 Å². The van der Waals surface area contributed by atoms with Crippen molar-refractivity contribution in [1.29, 1.82) is 0 Å². The van der Waals surface area contributed by atoms with Crippen LogP contribution in [0.3, 0.4) is 0 Å². The molecule has 0 aliphatic carbocycles. The van der Waals surface area contributed by atoms with Gasteiger partial charge in [-0.25, -0.2) is 4.39 Å². The Bertz CT molecular complexity index is 968. The molecule has 0 saturated carbocycles. The lowest BCUT2D eigenvalue weighted by Crippen LogP contribution is -2.49. The van der Waals surface area contributed by atoms with Crippen molar-refractivity contribution in [3.63, 3.8) is 0 Å². The highest BCUT2D eigenvalue weighted by atomic mass is 32.1. The Morgan fingerprint density at radius 2 is 2.00 bits per heavy atom. The van der Waals surface area contributed by atoms with E-state index < -0.39 is 29.2 Å². The van der Waals surface area contributed by atoms with Gasteiger partial charge in [0.2, 0.25) is 5.91 Å². The first-order valence-corrected chi connectivity index (χ1v) is 9.77. The molecule has 29 heavy (non-hydrogen) atoms. The molecule has 1 N–H and O–H groups in total. The third-order valence-electron chi connectivity index (χ3n) is 4.00. The standard InChI is InChI=1S/C20H21FN4O3S/c1-20(2,3)22-18(26)17(14-8-4-5-9-15(14)21)25(11-13-7-6-10-28-13)19(27)16-12-29-24-23-16/h4-10,12,17H,11H2,1-3H3,(H,22,26)/t17-/m0/s1. The Morgan fingerprint density at radius 3 is 2.59 bits per heavy atom. The molecule has 1 aromatic carbocycles. The molecule has 2 aromatic heterocycles. The molecule has 7 nitrogen and oxygen atoms in total. The molecular weight excluding hydrogens is 395 g/mol. The Hall–Kier alpha value is -3.07. The molecule has 0 bridgehead atoms. The number of hydrogen-bond acceptors (Lipinski definition) is 6. The van der Waals surface area contributed by atoms with Gasteiger partial charge in [-0.1, -0.05) is 22.7 Å². The topological polar surface area (TPSA) is 88.3 Å². The van der Waals surface area contributed by atoms with Crippen molar-refractivity contribution in [2.75, 3.05) is 0 Å². The summed E-state index contributed by atoms with van der Waals surface area (Å²) in [7, 11) is 0. The molecule has 0 fully saturated rings. The van der Waals surface area contributed by atoms with Crippen LogP contribution in [0.2, 0.25) is 0 Å². The van der Waals surface area contributed by atoms with Gasteiger partial charge in [-0.05, 0) is 50.5 Å². The van der Waals surface area contributed by atoms with Crippen molar-refractivity contribution in [1.82, 2.24) is 19.8 Å². The molecule has 3 aromatic rings. The van der Waals surface area contributed by atoms with Crippen LogP contribution >= 0.6 is 11.5 Å². The minimum absolute atomic E-state index is 0.0417. The van der Waals surface area contributed by atoms with Crippen LogP contribution in [-0.4, -0.2) is 31.8 Å². The van der Waals surface area contributed by atoms with Crippen molar-refractivity contribution >= 4 is 23.3 Å². The van der Waals surface area contributed by atoms with E-state index >= 15 is 0 Å². The minimum Gasteiger partial charge on any atom is -0.467 e. The molecular formula is C20H21FN4O3S. The molecule has 9 heteroatoms. The fourth-order valence-electron chi connectivity index (χ4n) is 2.84. The lowest BCUT2D eigenvalue weighted by Gasteiger charge is -2.33. The molecule has 2 heterocycles. The van der Waals surface area contributed by atoms with E-state index in [0.717, 1.165) is 11.5 Å². The van der Waals surface area contributed by atoms with Gasteiger partial charge in [-0.15, -0.1) is 5.10 Å². The smallest absolute Gasteiger partial charge is 0.276 e. The van der Waals surface area contributed by atoms with E-state index in [2.05, 4.69) is 14.9 Å². The van der Waals surface area contributed by atoms with Crippen LogP contribution < -0.4 is 5.32 Å². The van der Waals surface area contributed by atoms with Gasteiger partial charge in [0, 0.05) is 16.5 Å². The molecule has 1 atom stereocenters. The summed E-state index contributed by atoms with van der Waals surface area (Å²) in [5.41, 5.74) is -0.425.